The number of amides is 2. The maximum absolute atomic E-state index is 13.5. The third-order valence-electron chi connectivity index (χ3n) is 6.86. The Morgan fingerprint density at radius 3 is 2.56 bits per heavy atom. The Bertz CT molecular complexity index is 1370. The lowest BCUT2D eigenvalue weighted by Gasteiger charge is -2.41. The molecule has 202 valence electrons. The molecular weight excluding hydrogens is 529 g/mol. The lowest BCUT2D eigenvalue weighted by Crippen LogP contribution is -2.54. The van der Waals surface area contributed by atoms with Crippen molar-refractivity contribution >= 4 is 35.3 Å². The normalized spacial score (nSPS) is 17.5. The lowest BCUT2D eigenvalue weighted by molar-refractivity contribution is -0.144. The van der Waals surface area contributed by atoms with E-state index in [-0.39, 0.29) is 18.0 Å². The standard InChI is InChI=1S/C28H25F3N4O3S/c29-28(30,31)24-15-23(9-8-20(24)17-32)34-26(37)27(38,16-19-5-2-1-3-6-19)22-10-13-35(14-11-22)25(36)21-7-4-12-33-39-18-21/h1-6,8-9,15,18,22,38H,7,10-11,13-14,16H2,(H,34,37). The summed E-state index contributed by atoms with van der Waals surface area (Å²) in [6, 6.07) is 13.2. The van der Waals surface area contributed by atoms with Gasteiger partial charge in [-0.05, 0) is 48.6 Å². The molecule has 2 amide bonds. The molecule has 0 spiro atoms. The fourth-order valence-electron chi connectivity index (χ4n) is 4.77. The van der Waals surface area contributed by atoms with Gasteiger partial charge in [0.05, 0.1) is 17.2 Å². The summed E-state index contributed by atoms with van der Waals surface area (Å²) in [5.41, 5.74) is -2.63. The molecule has 1 unspecified atom stereocenters. The number of carbonyl (C=O) groups is 2. The Balaban J connectivity index is 1.55. The molecule has 0 saturated carbocycles. The number of benzene rings is 2. The molecule has 2 aliphatic heterocycles. The number of nitriles is 1. The van der Waals surface area contributed by atoms with E-state index in [1.54, 1.807) is 46.7 Å². The van der Waals surface area contributed by atoms with Crippen molar-refractivity contribution in [2.24, 2.45) is 10.3 Å². The second kappa shape index (κ2) is 11.9. The van der Waals surface area contributed by atoms with Gasteiger partial charge in [0.1, 0.15) is 5.60 Å². The first kappa shape index (κ1) is 28.2. The molecule has 2 heterocycles. The highest BCUT2D eigenvalue weighted by molar-refractivity contribution is 8.01. The van der Waals surface area contributed by atoms with Crippen LogP contribution in [0.5, 0.6) is 0 Å². The molecule has 2 N–H and O–H groups in total. The van der Waals surface area contributed by atoms with Gasteiger partial charge in [-0.25, -0.2) is 0 Å². The van der Waals surface area contributed by atoms with Gasteiger partial charge in [0, 0.05) is 60.5 Å². The van der Waals surface area contributed by atoms with Crippen molar-refractivity contribution in [2.75, 3.05) is 18.4 Å². The smallest absolute Gasteiger partial charge is 0.379 e. The van der Waals surface area contributed by atoms with Gasteiger partial charge in [-0.15, -0.1) is 0 Å². The number of hydrogen-bond acceptors (Lipinski definition) is 6. The zero-order valence-corrected chi connectivity index (χ0v) is 21.6. The number of likely N-dealkylation sites (tertiary alicyclic amines) is 1. The van der Waals surface area contributed by atoms with Crippen molar-refractivity contribution in [3.05, 3.63) is 82.3 Å². The minimum Gasteiger partial charge on any atom is -0.379 e. The third-order valence-corrected chi connectivity index (χ3v) is 7.46. The van der Waals surface area contributed by atoms with Gasteiger partial charge in [0.2, 0.25) is 0 Å². The summed E-state index contributed by atoms with van der Waals surface area (Å²) in [7, 11) is 0. The third kappa shape index (κ3) is 6.60. The number of anilines is 1. The van der Waals surface area contributed by atoms with E-state index in [9.17, 15) is 27.9 Å². The van der Waals surface area contributed by atoms with E-state index in [1.165, 1.54) is 12.1 Å². The van der Waals surface area contributed by atoms with E-state index in [4.69, 9.17) is 5.26 Å². The summed E-state index contributed by atoms with van der Waals surface area (Å²) in [6.45, 7) is 0.602. The number of rotatable bonds is 6. The zero-order chi connectivity index (χ0) is 28.0. The average molecular weight is 555 g/mol. The van der Waals surface area contributed by atoms with E-state index in [0.717, 1.165) is 18.0 Å². The zero-order valence-electron chi connectivity index (χ0n) is 20.7. The first-order valence-electron chi connectivity index (χ1n) is 12.2. The molecule has 0 aliphatic carbocycles. The lowest BCUT2D eigenvalue weighted by atomic mass is 9.76. The van der Waals surface area contributed by atoms with E-state index in [1.807, 2.05) is 0 Å². The van der Waals surface area contributed by atoms with Crippen molar-refractivity contribution < 1.29 is 27.9 Å². The molecule has 0 aromatic heterocycles. The molecule has 4 rings (SSSR count). The van der Waals surface area contributed by atoms with Crippen molar-refractivity contribution in [3.63, 3.8) is 0 Å². The SMILES string of the molecule is N#Cc1ccc(NC(=O)C(O)(Cc2ccccc2)C2CCN(C(=O)C3=CSN=C=CC3)CC2)cc1C(F)(F)F. The van der Waals surface area contributed by atoms with Gasteiger partial charge in [-0.2, -0.15) is 22.8 Å². The minimum absolute atomic E-state index is 0.0649. The molecule has 0 radical (unpaired) electrons. The van der Waals surface area contributed by atoms with Gasteiger partial charge >= 0.3 is 6.18 Å². The Morgan fingerprint density at radius 1 is 1.18 bits per heavy atom. The summed E-state index contributed by atoms with van der Waals surface area (Å²) >= 11 is 1.12. The Kier molecular flexibility index (Phi) is 8.60. The maximum atomic E-state index is 13.5. The van der Waals surface area contributed by atoms with Gasteiger partial charge in [0.15, 0.2) is 0 Å². The van der Waals surface area contributed by atoms with Gasteiger partial charge in [0.25, 0.3) is 11.8 Å². The average Bonchev–Trinajstić information content (AvgIpc) is 3.22. The van der Waals surface area contributed by atoms with Crippen LogP contribution in [0.2, 0.25) is 0 Å². The molecule has 2 aromatic rings. The van der Waals surface area contributed by atoms with Crippen LogP contribution < -0.4 is 5.32 Å². The first-order chi connectivity index (χ1) is 18.6. The highest BCUT2D eigenvalue weighted by Gasteiger charge is 2.46. The number of carbonyl (C=O) groups excluding carboxylic acids is 2. The van der Waals surface area contributed by atoms with Gasteiger partial charge in [-0.3, -0.25) is 9.59 Å². The van der Waals surface area contributed by atoms with Crippen LogP contribution in [-0.2, 0) is 22.2 Å². The molecule has 0 bridgehead atoms. The summed E-state index contributed by atoms with van der Waals surface area (Å²) in [5, 5.41) is 25.0. The Hall–Kier alpha value is -3.84. The fraction of sp³-hybridized carbons (Fsp3) is 0.321. The number of aliphatic hydroxyl groups is 1. The van der Waals surface area contributed by atoms with E-state index >= 15 is 0 Å². The molecule has 39 heavy (non-hydrogen) atoms. The van der Waals surface area contributed by atoms with Crippen LogP contribution in [-0.4, -0.2) is 46.4 Å². The second-order valence-corrected chi connectivity index (χ2v) is 9.98. The van der Waals surface area contributed by atoms with Gasteiger partial charge in [-0.1, -0.05) is 30.3 Å². The van der Waals surface area contributed by atoms with Crippen LogP contribution in [0.15, 0.2) is 70.0 Å². The first-order valence-corrected chi connectivity index (χ1v) is 13.1. The number of hydrogen-bond donors (Lipinski definition) is 2. The van der Waals surface area contributed by atoms with Crippen LogP contribution >= 0.6 is 11.9 Å². The molecule has 1 fully saturated rings. The van der Waals surface area contributed by atoms with E-state index in [0.29, 0.717) is 49.6 Å². The summed E-state index contributed by atoms with van der Waals surface area (Å²) in [5.74, 6) is 1.16. The van der Waals surface area contributed by atoms with Crippen LogP contribution in [0.1, 0.15) is 36.0 Å². The van der Waals surface area contributed by atoms with Crippen molar-refractivity contribution in [3.8, 4) is 6.07 Å². The number of allylic oxidation sites excluding steroid dienone is 1. The van der Waals surface area contributed by atoms with Crippen molar-refractivity contribution in [1.82, 2.24) is 4.90 Å². The van der Waals surface area contributed by atoms with Crippen molar-refractivity contribution in [1.29, 1.82) is 5.26 Å². The number of alkyl halides is 3. The molecule has 1 saturated heterocycles. The number of piperidine rings is 1. The molecular formula is C28H25F3N4O3S. The topological polar surface area (TPSA) is 106 Å². The molecule has 7 nitrogen and oxygen atoms in total. The highest BCUT2D eigenvalue weighted by atomic mass is 32.2. The molecule has 2 aromatic carbocycles. The number of nitrogens with zero attached hydrogens (tertiary/aromatic N) is 3. The van der Waals surface area contributed by atoms with Crippen LogP contribution in [0, 0.1) is 17.2 Å². The quantitative estimate of drug-likeness (QED) is 0.495. The maximum Gasteiger partial charge on any atom is 0.417 e. The van der Waals surface area contributed by atoms with E-state index in [2.05, 4.69) is 15.6 Å². The highest BCUT2D eigenvalue weighted by Crippen LogP contribution is 2.36. The second-order valence-electron chi connectivity index (χ2n) is 9.35. The van der Waals surface area contributed by atoms with Gasteiger partial charge < -0.3 is 15.3 Å². The summed E-state index contributed by atoms with van der Waals surface area (Å²) in [6.07, 6.45) is -2.15. The summed E-state index contributed by atoms with van der Waals surface area (Å²) in [4.78, 5) is 28.2. The number of nitrogens with one attached hydrogen (secondary N) is 1. The Morgan fingerprint density at radius 2 is 1.90 bits per heavy atom. The Labute approximate surface area is 227 Å². The van der Waals surface area contributed by atoms with E-state index < -0.39 is 34.7 Å². The van der Waals surface area contributed by atoms with Crippen LogP contribution in [0.3, 0.4) is 0 Å². The van der Waals surface area contributed by atoms with Crippen molar-refractivity contribution in [2.45, 2.75) is 37.5 Å². The molecule has 2 aliphatic rings. The predicted molar refractivity (Wildman–Crippen MR) is 141 cm³/mol. The minimum atomic E-state index is -4.79. The predicted octanol–water partition coefficient (Wildman–Crippen LogP) is 4.89. The van der Waals surface area contributed by atoms with Crippen LogP contribution in [0.4, 0.5) is 18.9 Å². The summed E-state index contributed by atoms with van der Waals surface area (Å²) < 4.78 is 44.3. The monoisotopic (exact) mass is 554 g/mol. The number of halogens is 3. The molecule has 1 atom stereocenters. The molecule has 11 heteroatoms. The largest absolute Gasteiger partial charge is 0.417 e. The van der Waals surface area contributed by atoms with Crippen LogP contribution in [0.25, 0.3) is 0 Å². The fourth-order valence-corrected chi connectivity index (χ4v) is 5.29.